The number of nitrogens with two attached hydrogens (primary N) is 1. The number of carboxylic acids is 1. The van der Waals surface area contributed by atoms with Crippen LogP contribution in [0.2, 0.25) is 0 Å². The summed E-state index contributed by atoms with van der Waals surface area (Å²) in [5.74, 6) is -1.05. The van der Waals surface area contributed by atoms with Gasteiger partial charge in [-0.3, -0.25) is 4.79 Å². The topological polar surface area (TPSA) is 72.5 Å². The first-order chi connectivity index (χ1) is 6.18. The molecule has 67 valence electrons. The summed E-state index contributed by atoms with van der Waals surface area (Å²) in [5, 5.41) is 8.38. The summed E-state index contributed by atoms with van der Waals surface area (Å²) in [6, 6.07) is -0.949. The lowest BCUT2D eigenvalue weighted by Crippen LogP contribution is -2.27. The van der Waals surface area contributed by atoms with Crippen LogP contribution in [0.4, 0.5) is 0 Å². The Morgan fingerprint density at radius 1 is 2.00 bits per heavy atom. The lowest BCUT2D eigenvalue weighted by Gasteiger charge is -1.98. The van der Waals surface area contributed by atoms with Gasteiger partial charge in [-0.15, -0.1) is 0 Å². The summed E-state index contributed by atoms with van der Waals surface area (Å²) in [4.78, 5) is 10.2. The van der Waals surface area contributed by atoms with Crippen molar-refractivity contribution in [2.24, 2.45) is 5.73 Å². The van der Waals surface area contributed by atoms with Crippen molar-refractivity contribution in [1.29, 1.82) is 1.34 Å². The monoisotopic (exact) mass is 190 g/mol. The normalized spacial score (nSPS) is 14.2. The zero-order valence-electron chi connectivity index (χ0n) is 7.47. The Bertz CT molecular complexity index is 181. The van der Waals surface area contributed by atoms with Crippen LogP contribution in [-0.2, 0) is 8.98 Å². The summed E-state index contributed by atoms with van der Waals surface area (Å²) in [7, 11) is 1.08. The van der Waals surface area contributed by atoms with E-state index in [1.54, 1.807) is 6.08 Å². The zero-order chi connectivity index (χ0) is 10.1. The van der Waals surface area contributed by atoms with Crippen molar-refractivity contribution in [3.63, 3.8) is 0 Å². The van der Waals surface area contributed by atoms with Gasteiger partial charge in [-0.1, -0.05) is 24.0 Å². The molecule has 0 aliphatic heterocycles. The van der Waals surface area contributed by atoms with E-state index in [1.165, 1.54) is 6.08 Å². The minimum absolute atomic E-state index is 0.433. The van der Waals surface area contributed by atoms with Crippen molar-refractivity contribution in [3.8, 4) is 0 Å². The van der Waals surface area contributed by atoms with E-state index in [0.717, 1.165) is 19.0 Å². The van der Waals surface area contributed by atoms with Crippen LogP contribution in [0.25, 0.3) is 0 Å². The molecule has 0 rings (SSSR count). The Morgan fingerprint density at radius 2 is 2.75 bits per heavy atom. The maximum absolute atomic E-state index is 10.2. The largest absolute Gasteiger partial charge is 0.480 e. The van der Waals surface area contributed by atoms with E-state index in [-0.39, 0.29) is 0 Å². The van der Waals surface area contributed by atoms with Gasteiger partial charge in [0, 0.05) is 0 Å². The van der Waals surface area contributed by atoms with E-state index in [9.17, 15) is 4.79 Å². The highest BCUT2D eigenvalue weighted by molar-refractivity contribution is 8.15. The van der Waals surface area contributed by atoms with Crippen LogP contribution < -0.4 is 5.73 Å². The Labute approximate surface area is 78.0 Å². The molecule has 6 heteroatoms. The molecule has 0 fully saturated rings. The third-order valence-corrected chi connectivity index (χ3v) is 1.37. The molecule has 0 amide bonds. The second kappa shape index (κ2) is 7.21. The lowest BCUT2D eigenvalue weighted by atomic mass is 10.2. The number of aliphatic carboxylic acids is 1. The molecule has 0 saturated carbocycles. The molecule has 12 heavy (non-hydrogen) atoms. The molecule has 0 spiro atoms. The summed E-state index contributed by atoms with van der Waals surface area (Å²) in [6.45, 7) is 0.433. The SMILES string of the molecule is [3H][B]SOCCC=CC(N)C(=O)O. The van der Waals surface area contributed by atoms with E-state index >= 15 is 0 Å². The average Bonchev–Trinajstić information content (AvgIpc) is 2.10. The van der Waals surface area contributed by atoms with Gasteiger partial charge in [0.15, 0.2) is 0 Å². The number of hydrogen-bond donors (Lipinski definition) is 2. The summed E-state index contributed by atoms with van der Waals surface area (Å²) < 4.78 is 11.5. The lowest BCUT2D eigenvalue weighted by molar-refractivity contribution is -0.137. The summed E-state index contributed by atoms with van der Waals surface area (Å²) in [6.07, 6.45) is 3.63. The number of carbonyl (C=O) groups is 1. The molecular formula is C6H11BNO3S. The minimum atomic E-state index is -1.05. The third kappa shape index (κ3) is 6.27. The second-order valence-electron chi connectivity index (χ2n) is 2.00. The van der Waals surface area contributed by atoms with E-state index in [2.05, 4.69) is 0 Å². The maximum atomic E-state index is 10.2. The van der Waals surface area contributed by atoms with Gasteiger partial charge in [0.2, 0.25) is 7.09 Å². The fourth-order valence-electron chi connectivity index (χ4n) is 0.489. The van der Waals surface area contributed by atoms with Crippen molar-refractivity contribution < 1.29 is 14.1 Å². The van der Waals surface area contributed by atoms with E-state index in [0.29, 0.717) is 13.0 Å². The van der Waals surface area contributed by atoms with Gasteiger partial charge in [0.1, 0.15) is 6.04 Å². The van der Waals surface area contributed by atoms with E-state index in [1.807, 2.05) is 0 Å². The van der Waals surface area contributed by atoms with Crippen molar-refractivity contribution in [2.45, 2.75) is 12.5 Å². The van der Waals surface area contributed by atoms with Crippen LogP contribution in [-0.4, -0.2) is 32.1 Å². The molecule has 1 radical (unpaired) electrons. The second-order valence-corrected chi connectivity index (χ2v) is 2.43. The Kier molecular flexibility index (Phi) is 5.79. The molecule has 0 saturated heterocycles. The van der Waals surface area contributed by atoms with Crippen LogP contribution >= 0.6 is 11.9 Å². The fourth-order valence-corrected chi connectivity index (χ4v) is 0.682. The van der Waals surface area contributed by atoms with Gasteiger partial charge >= 0.3 is 5.97 Å². The Balaban J connectivity index is 3.35. The van der Waals surface area contributed by atoms with E-state index < -0.39 is 12.0 Å². The molecule has 0 bridgehead atoms. The highest BCUT2D eigenvalue weighted by Gasteiger charge is 2.04. The van der Waals surface area contributed by atoms with E-state index in [4.69, 9.17) is 16.4 Å². The van der Waals surface area contributed by atoms with Gasteiger partial charge in [0.05, 0.1) is 6.61 Å². The first-order valence-corrected chi connectivity index (χ1v) is 4.12. The molecule has 1 unspecified atom stereocenters. The minimum Gasteiger partial charge on any atom is -0.480 e. The molecule has 0 aromatic carbocycles. The van der Waals surface area contributed by atoms with Crippen molar-refractivity contribution >= 4 is 25.0 Å². The Hall–Kier alpha value is -0.455. The molecule has 3 N–H and O–H groups in total. The summed E-state index contributed by atoms with van der Waals surface area (Å²) >= 11 is 0.933. The number of hydrogen-bond acceptors (Lipinski definition) is 4. The molecule has 0 aliphatic carbocycles. The first-order valence-electron chi connectivity index (χ1n) is 3.89. The predicted octanol–water partition coefficient (Wildman–Crippen LogP) is -0.175. The highest BCUT2D eigenvalue weighted by Crippen LogP contribution is 1.95. The van der Waals surface area contributed by atoms with Gasteiger partial charge in [-0.25, -0.2) is 0 Å². The van der Waals surface area contributed by atoms with Gasteiger partial charge in [-0.05, 0) is 7.76 Å². The first kappa shape index (κ1) is 9.63. The quantitative estimate of drug-likeness (QED) is 0.252. The van der Waals surface area contributed by atoms with Crippen LogP contribution in [0, 0.1) is 0 Å². The number of carboxylic acid groups (broad SMARTS) is 1. The van der Waals surface area contributed by atoms with Crippen LogP contribution in [0.1, 0.15) is 6.42 Å². The highest BCUT2D eigenvalue weighted by atomic mass is 32.2. The molecule has 0 aromatic heterocycles. The van der Waals surface area contributed by atoms with Crippen molar-refractivity contribution in [3.05, 3.63) is 12.2 Å². The molecule has 0 aliphatic rings. The van der Waals surface area contributed by atoms with Gasteiger partial charge < -0.3 is 15.0 Å². The smallest absolute Gasteiger partial charge is 0.324 e. The Morgan fingerprint density at radius 3 is 3.33 bits per heavy atom. The molecule has 0 aromatic rings. The fraction of sp³-hybridized carbons (Fsp3) is 0.500. The third-order valence-electron chi connectivity index (χ3n) is 1.06. The van der Waals surface area contributed by atoms with Crippen molar-refractivity contribution in [2.75, 3.05) is 6.61 Å². The average molecular weight is 190 g/mol. The van der Waals surface area contributed by atoms with Crippen molar-refractivity contribution in [1.82, 2.24) is 0 Å². The van der Waals surface area contributed by atoms with Gasteiger partial charge in [-0.2, -0.15) is 0 Å². The zero-order valence-corrected chi connectivity index (χ0v) is 7.29. The standard InChI is InChI=1S/C6H11BNO3S/c7-12-11-4-2-1-3-5(8)6(9)10/h1,3,5,7H,2,4,8H2,(H,9,10)/i7T. The summed E-state index contributed by atoms with van der Waals surface area (Å²) in [5.41, 5.74) is 5.19. The predicted molar refractivity (Wildman–Crippen MR) is 50.1 cm³/mol. The molecular weight excluding hydrogens is 177 g/mol. The van der Waals surface area contributed by atoms with Gasteiger partial charge in [0.25, 0.3) is 0 Å². The van der Waals surface area contributed by atoms with Crippen LogP contribution in [0.5, 0.6) is 0 Å². The molecule has 0 heterocycles. The number of rotatable bonds is 7. The van der Waals surface area contributed by atoms with Crippen LogP contribution in [0.3, 0.4) is 0 Å². The maximum Gasteiger partial charge on any atom is 0.324 e. The van der Waals surface area contributed by atoms with Crippen LogP contribution in [0.15, 0.2) is 12.2 Å². The molecule has 1 atom stereocenters. The molecule has 4 nitrogen and oxygen atoms in total.